The van der Waals surface area contributed by atoms with E-state index >= 15 is 0 Å². The highest BCUT2D eigenvalue weighted by Gasteiger charge is 2.17. The topological polar surface area (TPSA) is 77.4 Å². The van der Waals surface area contributed by atoms with Crippen LogP contribution in [0, 0.1) is 0 Å². The Hall–Kier alpha value is -2.89. The van der Waals surface area contributed by atoms with Gasteiger partial charge in [0, 0.05) is 25.7 Å². The number of hydrogen-bond acceptors (Lipinski definition) is 4. The molecule has 1 heterocycles. The molecule has 0 fully saturated rings. The Morgan fingerprint density at radius 1 is 1.17 bits per heavy atom. The van der Waals surface area contributed by atoms with Gasteiger partial charge in [0.15, 0.2) is 0 Å². The first-order chi connectivity index (χ1) is 11.5. The van der Waals surface area contributed by atoms with Crippen molar-refractivity contribution in [3.05, 3.63) is 70.1 Å². The Kier molecular flexibility index (Phi) is 5.89. The minimum Gasteiger partial charge on any atom is -0.469 e. The number of aryl methyl sites for hydroxylation is 1. The van der Waals surface area contributed by atoms with E-state index in [1.165, 1.54) is 30.0 Å². The van der Waals surface area contributed by atoms with Gasteiger partial charge in [-0.2, -0.15) is 0 Å². The van der Waals surface area contributed by atoms with Crippen LogP contribution in [0.15, 0.2) is 53.5 Å². The van der Waals surface area contributed by atoms with Crippen LogP contribution in [-0.2, 0) is 16.6 Å². The molecule has 2 aromatic rings. The lowest BCUT2D eigenvalue weighted by atomic mass is 10.0. The molecule has 2 rings (SSSR count). The van der Waals surface area contributed by atoms with Crippen molar-refractivity contribution < 1.29 is 14.3 Å². The fraction of sp³-hybridized carbons (Fsp3) is 0.278. The number of nitrogens with one attached hydrogen (secondary N) is 1. The van der Waals surface area contributed by atoms with Gasteiger partial charge in [-0.25, -0.2) is 0 Å². The zero-order valence-electron chi connectivity index (χ0n) is 13.7. The number of rotatable bonds is 6. The SMILES string of the molecule is COC(=O)CC[C@@H](NC(=O)c1ccc(=O)n(C)c1)c1ccccc1. The summed E-state index contributed by atoms with van der Waals surface area (Å²) in [6, 6.07) is 11.9. The summed E-state index contributed by atoms with van der Waals surface area (Å²) in [7, 11) is 2.92. The summed E-state index contributed by atoms with van der Waals surface area (Å²) < 4.78 is 6.01. The lowest BCUT2D eigenvalue weighted by Gasteiger charge is -2.19. The summed E-state index contributed by atoms with van der Waals surface area (Å²) in [5.41, 5.74) is 1.10. The predicted octanol–water partition coefficient (Wildman–Crippen LogP) is 1.81. The second-order valence-electron chi connectivity index (χ2n) is 5.42. The summed E-state index contributed by atoms with van der Waals surface area (Å²) in [5, 5.41) is 2.91. The summed E-state index contributed by atoms with van der Waals surface area (Å²) >= 11 is 0. The third kappa shape index (κ3) is 4.55. The molecule has 126 valence electrons. The van der Waals surface area contributed by atoms with Crippen LogP contribution in [0.4, 0.5) is 0 Å². The molecule has 6 nitrogen and oxygen atoms in total. The molecule has 0 bridgehead atoms. The molecule has 1 N–H and O–H groups in total. The van der Waals surface area contributed by atoms with E-state index in [-0.39, 0.29) is 29.9 Å². The molecular weight excluding hydrogens is 308 g/mol. The van der Waals surface area contributed by atoms with E-state index in [4.69, 9.17) is 0 Å². The maximum atomic E-state index is 12.5. The maximum Gasteiger partial charge on any atom is 0.305 e. The van der Waals surface area contributed by atoms with E-state index in [0.29, 0.717) is 12.0 Å². The summed E-state index contributed by atoms with van der Waals surface area (Å²) in [4.78, 5) is 35.3. The van der Waals surface area contributed by atoms with Gasteiger partial charge in [0.05, 0.1) is 18.7 Å². The Bertz CT molecular complexity index is 768. The summed E-state index contributed by atoms with van der Waals surface area (Å²) in [5.74, 6) is -0.628. The van der Waals surface area contributed by atoms with Gasteiger partial charge in [0.25, 0.3) is 5.91 Å². The molecule has 0 spiro atoms. The van der Waals surface area contributed by atoms with Crippen LogP contribution in [0.1, 0.15) is 34.8 Å². The van der Waals surface area contributed by atoms with Crippen molar-refractivity contribution in [1.82, 2.24) is 9.88 Å². The van der Waals surface area contributed by atoms with Crippen LogP contribution in [0.2, 0.25) is 0 Å². The molecule has 24 heavy (non-hydrogen) atoms. The van der Waals surface area contributed by atoms with E-state index in [9.17, 15) is 14.4 Å². The fourth-order valence-corrected chi connectivity index (χ4v) is 2.34. The van der Waals surface area contributed by atoms with Crippen molar-refractivity contribution in [3.8, 4) is 0 Å². The highest BCUT2D eigenvalue weighted by Crippen LogP contribution is 2.19. The zero-order valence-corrected chi connectivity index (χ0v) is 13.7. The Balaban J connectivity index is 2.17. The quantitative estimate of drug-likeness (QED) is 0.821. The van der Waals surface area contributed by atoms with Crippen LogP contribution in [0.3, 0.4) is 0 Å². The fourth-order valence-electron chi connectivity index (χ4n) is 2.34. The molecule has 0 aliphatic carbocycles. The number of nitrogens with zero attached hydrogens (tertiary/aromatic N) is 1. The first kappa shape index (κ1) is 17.5. The Morgan fingerprint density at radius 3 is 2.50 bits per heavy atom. The Labute approximate surface area is 140 Å². The first-order valence-electron chi connectivity index (χ1n) is 7.60. The number of carbonyl (C=O) groups excluding carboxylic acids is 2. The standard InChI is InChI=1S/C18H20N2O4/c1-20-12-14(8-10-16(20)21)18(23)19-15(9-11-17(22)24-2)13-6-4-3-5-7-13/h3-8,10,12,15H,9,11H2,1-2H3,(H,19,23)/t15-/m1/s1. The van der Waals surface area contributed by atoms with E-state index in [0.717, 1.165) is 5.56 Å². The van der Waals surface area contributed by atoms with E-state index in [1.54, 1.807) is 7.05 Å². The normalized spacial score (nSPS) is 11.6. The lowest BCUT2D eigenvalue weighted by molar-refractivity contribution is -0.140. The highest BCUT2D eigenvalue weighted by atomic mass is 16.5. The minimum atomic E-state index is -0.327. The van der Waals surface area contributed by atoms with Crippen molar-refractivity contribution >= 4 is 11.9 Å². The predicted molar refractivity (Wildman–Crippen MR) is 89.6 cm³/mol. The smallest absolute Gasteiger partial charge is 0.305 e. The molecule has 0 radical (unpaired) electrons. The number of methoxy groups -OCH3 is 1. The van der Waals surface area contributed by atoms with Gasteiger partial charge in [-0.05, 0) is 18.1 Å². The van der Waals surface area contributed by atoms with Crippen molar-refractivity contribution in [2.24, 2.45) is 7.05 Å². The van der Waals surface area contributed by atoms with Gasteiger partial charge in [-0.1, -0.05) is 30.3 Å². The molecule has 1 atom stereocenters. The molecule has 1 aromatic carbocycles. The molecule has 0 saturated carbocycles. The summed E-state index contributed by atoms with van der Waals surface area (Å²) in [6.07, 6.45) is 2.11. The molecule has 6 heteroatoms. The second-order valence-corrected chi connectivity index (χ2v) is 5.42. The summed E-state index contributed by atoms with van der Waals surface area (Å²) in [6.45, 7) is 0. The van der Waals surface area contributed by atoms with E-state index in [1.807, 2.05) is 30.3 Å². The van der Waals surface area contributed by atoms with E-state index in [2.05, 4.69) is 10.1 Å². The largest absolute Gasteiger partial charge is 0.469 e. The van der Waals surface area contributed by atoms with Crippen molar-refractivity contribution in [2.45, 2.75) is 18.9 Å². The number of aromatic nitrogens is 1. The van der Waals surface area contributed by atoms with Crippen molar-refractivity contribution in [3.63, 3.8) is 0 Å². The van der Waals surface area contributed by atoms with Gasteiger partial charge in [0.1, 0.15) is 0 Å². The maximum absolute atomic E-state index is 12.5. The number of amides is 1. The molecule has 0 unspecified atom stereocenters. The molecule has 0 aliphatic rings. The minimum absolute atomic E-state index is 0.183. The van der Waals surface area contributed by atoms with Crippen molar-refractivity contribution in [2.75, 3.05) is 7.11 Å². The molecule has 0 saturated heterocycles. The molecule has 1 amide bonds. The first-order valence-corrected chi connectivity index (χ1v) is 7.60. The number of carbonyl (C=O) groups is 2. The van der Waals surface area contributed by atoms with Gasteiger partial charge in [0.2, 0.25) is 5.56 Å². The number of pyridine rings is 1. The monoisotopic (exact) mass is 328 g/mol. The number of ether oxygens (including phenoxy) is 1. The van der Waals surface area contributed by atoms with E-state index < -0.39 is 0 Å². The zero-order chi connectivity index (χ0) is 17.5. The van der Waals surface area contributed by atoms with Crippen LogP contribution in [-0.4, -0.2) is 23.6 Å². The molecule has 0 aliphatic heterocycles. The number of hydrogen-bond donors (Lipinski definition) is 1. The third-order valence-electron chi connectivity index (χ3n) is 3.72. The van der Waals surface area contributed by atoms with Crippen LogP contribution < -0.4 is 10.9 Å². The van der Waals surface area contributed by atoms with Crippen LogP contribution in [0.5, 0.6) is 0 Å². The average Bonchev–Trinajstić information content (AvgIpc) is 2.61. The molecule has 1 aromatic heterocycles. The number of esters is 1. The van der Waals surface area contributed by atoms with Crippen LogP contribution >= 0.6 is 0 Å². The van der Waals surface area contributed by atoms with Crippen molar-refractivity contribution in [1.29, 1.82) is 0 Å². The third-order valence-corrected chi connectivity index (χ3v) is 3.72. The average molecular weight is 328 g/mol. The Morgan fingerprint density at radius 2 is 1.88 bits per heavy atom. The van der Waals surface area contributed by atoms with Gasteiger partial charge in [-0.3, -0.25) is 14.4 Å². The van der Waals surface area contributed by atoms with Crippen LogP contribution in [0.25, 0.3) is 0 Å². The van der Waals surface area contributed by atoms with Gasteiger partial charge < -0.3 is 14.6 Å². The lowest BCUT2D eigenvalue weighted by Crippen LogP contribution is -2.30. The highest BCUT2D eigenvalue weighted by molar-refractivity contribution is 5.94. The van der Waals surface area contributed by atoms with Gasteiger partial charge >= 0.3 is 5.97 Å². The van der Waals surface area contributed by atoms with Gasteiger partial charge in [-0.15, -0.1) is 0 Å². The number of benzene rings is 1. The molecular formula is C18H20N2O4. The second kappa shape index (κ2) is 8.10.